The minimum Gasteiger partial charge on any atom is -0.506 e. The summed E-state index contributed by atoms with van der Waals surface area (Å²) in [5, 5.41) is 16.3. The summed E-state index contributed by atoms with van der Waals surface area (Å²) in [6, 6.07) is 14.6. The van der Waals surface area contributed by atoms with Gasteiger partial charge in [-0.05, 0) is 79.0 Å². The predicted octanol–water partition coefficient (Wildman–Crippen LogP) is 6.65. The number of anilines is 1. The SMILES string of the molecule is CCC(C)c1ccc(O)c(NC(=S)NC(=O)/C=C/c2ccc(-c3ccc(C)c(Cl)c3)o2)c1. The molecule has 0 saturated heterocycles. The molecule has 1 atom stereocenters. The number of aryl methyl sites for hydroxylation is 1. The highest BCUT2D eigenvalue weighted by Gasteiger charge is 2.10. The van der Waals surface area contributed by atoms with Crippen LogP contribution < -0.4 is 10.6 Å². The van der Waals surface area contributed by atoms with Crippen molar-refractivity contribution in [3.8, 4) is 17.1 Å². The quantitative estimate of drug-likeness (QED) is 0.214. The van der Waals surface area contributed by atoms with Crippen molar-refractivity contribution in [2.45, 2.75) is 33.1 Å². The van der Waals surface area contributed by atoms with Crippen LogP contribution in [0.4, 0.5) is 5.69 Å². The predicted molar refractivity (Wildman–Crippen MR) is 134 cm³/mol. The summed E-state index contributed by atoms with van der Waals surface area (Å²) in [6.07, 6.45) is 3.86. The van der Waals surface area contributed by atoms with E-state index < -0.39 is 5.91 Å². The maximum atomic E-state index is 12.2. The molecule has 0 aliphatic carbocycles. The van der Waals surface area contributed by atoms with E-state index in [1.807, 2.05) is 43.3 Å². The number of hydrogen-bond donors (Lipinski definition) is 3. The Kier molecular flexibility index (Phi) is 7.72. The van der Waals surface area contributed by atoms with Crippen molar-refractivity contribution < 1.29 is 14.3 Å². The molecule has 5 nitrogen and oxygen atoms in total. The fourth-order valence-electron chi connectivity index (χ4n) is 3.00. The fraction of sp³-hybridized carbons (Fsp3) is 0.200. The molecule has 0 radical (unpaired) electrons. The Morgan fingerprint density at radius 3 is 2.72 bits per heavy atom. The molecule has 0 bridgehead atoms. The van der Waals surface area contributed by atoms with Crippen LogP contribution in [0.15, 0.2) is 59.0 Å². The molecule has 1 heterocycles. The summed E-state index contributed by atoms with van der Waals surface area (Å²) in [5.74, 6) is 1.15. The van der Waals surface area contributed by atoms with Gasteiger partial charge >= 0.3 is 0 Å². The van der Waals surface area contributed by atoms with Crippen LogP contribution >= 0.6 is 23.8 Å². The van der Waals surface area contributed by atoms with Gasteiger partial charge in [-0.2, -0.15) is 0 Å². The van der Waals surface area contributed by atoms with Gasteiger partial charge in [-0.1, -0.05) is 43.6 Å². The second-order valence-electron chi connectivity index (χ2n) is 7.53. The van der Waals surface area contributed by atoms with Crippen LogP contribution in [-0.2, 0) is 4.79 Å². The number of benzene rings is 2. The maximum Gasteiger partial charge on any atom is 0.250 e. The van der Waals surface area contributed by atoms with E-state index in [1.54, 1.807) is 18.2 Å². The molecule has 0 spiro atoms. The van der Waals surface area contributed by atoms with Crippen LogP contribution in [-0.4, -0.2) is 16.1 Å². The molecule has 0 saturated carbocycles. The third-order valence-corrected chi connectivity index (χ3v) is 5.78. The monoisotopic (exact) mass is 468 g/mol. The summed E-state index contributed by atoms with van der Waals surface area (Å²) in [6.45, 7) is 6.14. The van der Waals surface area contributed by atoms with E-state index >= 15 is 0 Å². The Hall–Kier alpha value is -3.09. The first-order chi connectivity index (χ1) is 15.3. The van der Waals surface area contributed by atoms with Crippen LogP contribution in [0.2, 0.25) is 5.02 Å². The summed E-state index contributed by atoms with van der Waals surface area (Å²) in [4.78, 5) is 12.2. The van der Waals surface area contributed by atoms with Gasteiger partial charge in [0.25, 0.3) is 0 Å². The van der Waals surface area contributed by atoms with E-state index in [2.05, 4.69) is 24.5 Å². The average molecular weight is 469 g/mol. The molecular formula is C25H25ClN2O3S. The Balaban J connectivity index is 1.60. The Labute approximate surface area is 198 Å². The molecule has 3 aromatic rings. The van der Waals surface area contributed by atoms with Crippen molar-refractivity contribution in [2.75, 3.05) is 5.32 Å². The van der Waals surface area contributed by atoms with Crippen molar-refractivity contribution in [1.82, 2.24) is 5.32 Å². The first-order valence-electron chi connectivity index (χ1n) is 10.3. The lowest BCUT2D eigenvalue weighted by molar-refractivity contribution is -0.115. The number of amides is 1. The minimum atomic E-state index is -0.420. The van der Waals surface area contributed by atoms with Gasteiger partial charge in [0.05, 0.1) is 5.69 Å². The Morgan fingerprint density at radius 1 is 1.22 bits per heavy atom. The largest absolute Gasteiger partial charge is 0.506 e. The Morgan fingerprint density at radius 2 is 2.00 bits per heavy atom. The zero-order valence-corrected chi connectivity index (χ0v) is 19.7. The minimum absolute atomic E-state index is 0.0588. The van der Waals surface area contributed by atoms with E-state index in [0.29, 0.717) is 28.1 Å². The van der Waals surface area contributed by atoms with E-state index in [-0.39, 0.29) is 10.9 Å². The van der Waals surface area contributed by atoms with Gasteiger partial charge in [0, 0.05) is 16.7 Å². The van der Waals surface area contributed by atoms with Crippen molar-refractivity contribution in [3.05, 3.63) is 76.5 Å². The third-order valence-electron chi connectivity index (χ3n) is 5.17. The van der Waals surface area contributed by atoms with E-state index in [4.69, 9.17) is 28.2 Å². The molecule has 0 aliphatic heterocycles. The lowest BCUT2D eigenvalue weighted by Crippen LogP contribution is -2.32. The molecule has 7 heteroatoms. The number of thiocarbonyl (C=S) groups is 1. The highest BCUT2D eigenvalue weighted by Crippen LogP contribution is 2.29. The first-order valence-corrected chi connectivity index (χ1v) is 11.0. The number of furan rings is 1. The molecule has 32 heavy (non-hydrogen) atoms. The number of halogens is 1. The number of hydrogen-bond acceptors (Lipinski definition) is 4. The van der Waals surface area contributed by atoms with Crippen LogP contribution in [0.5, 0.6) is 5.75 Å². The zero-order valence-electron chi connectivity index (χ0n) is 18.1. The Bertz CT molecular complexity index is 1170. The number of nitrogens with one attached hydrogen (secondary N) is 2. The standard InChI is InChI=1S/C25H25ClN2O3S/c1-4-15(2)17-7-10-22(29)21(14-17)27-25(32)28-24(30)12-9-19-8-11-23(31-19)18-6-5-16(3)20(26)13-18/h5-15,29H,4H2,1-3H3,(H2,27,28,30,32)/b12-9+. The summed E-state index contributed by atoms with van der Waals surface area (Å²) in [7, 11) is 0. The average Bonchev–Trinajstić information content (AvgIpc) is 3.24. The second-order valence-corrected chi connectivity index (χ2v) is 8.34. The number of aromatic hydroxyl groups is 1. The molecule has 2 aromatic carbocycles. The molecular weight excluding hydrogens is 444 g/mol. The number of phenols is 1. The van der Waals surface area contributed by atoms with Gasteiger partial charge in [0.15, 0.2) is 5.11 Å². The first kappa shape index (κ1) is 23.6. The molecule has 0 fully saturated rings. The van der Waals surface area contributed by atoms with Crippen molar-refractivity contribution in [2.24, 2.45) is 0 Å². The number of phenolic OH excluding ortho intramolecular Hbond substituents is 1. The topological polar surface area (TPSA) is 74.5 Å². The summed E-state index contributed by atoms with van der Waals surface area (Å²) in [5.41, 5.74) is 3.37. The van der Waals surface area contributed by atoms with Gasteiger partial charge in [-0.15, -0.1) is 0 Å². The zero-order chi connectivity index (χ0) is 23.3. The number of carbonyl (C=O) groups excluding carboxylic acids is 1. The highest BCUT2D eigenvalue weighted by molar-refractivity contribution is 7.80. The third kappa shape index (κ3) is 5.99. The van der Waals surface area contributed by atoms with E-state index in [0.717, 1.165) is 23.1 Å². The number of carbonyl (C=O) groups is 1. The molecule has 3 rings (SSSR count). The lowest BCUT2D eigenvalue weighted by Gasteiger charge is -2.14. The molecule has 0 aliphatic rings. The molecule has 166 valence electrons. The van der Waals surface area contributed by atoms with Gasteiger partial charge in [-0.25, -0.2) is 0 Å². The second kappa shape index (κ2) is 10.5. The molecule has 3 N–H and O–H groups in total. The molecule has 1 amide bonds. The van der Waals surface area contributed by atoms with E-state index in [9.17, 15) is 9.90 Å². The van der Waals surface area contributed by atoms with Gasteiger partial charge in [0.2, 0.25) is 5.91 Å². The van der Waals surface area contributed by atoms with Crippen LogP contribution in [0.25, 0.3) is 17.4 Å². The molecule has 1 unspecified atom stereocenters. The van der Waals surface area contributed by atoms with Crippen molar-refractivity contribution in [1.29, 1.82) is 0 Å². The maximum absolute atomic E-state index is 12.2. The number of rotatable bonds is 6. The van der Waals surface area contributed by atoms with Crippen LogP contribution in [0, 0.1) is 6.92 Å². The molecule has 1 aromatic heterocycles. The normalized spacial score (nSPS) is 12.0. The van der Waals surface area contributed by atoms with E-state index in [1.165, 1.54) is 6.08 Å². The smallest absolute Gasteiger partial charge is 0.250 e. The van der Waals surface area contributed by atoms with Crippen LogP contribution in [0.3, 0.4) is 0 Å². The van der Waals surface area contributed by atoms with Gasteiger partial charge in [0.1, 0.15) is 17.3 Å². The van der Waals surface area contributed by atoms with Crippen molar-refractivity contribution in [3.63, 3.8) is 0 Å². The van der Waals surface area contributed by atoms with Crippen LogP contribution in [0.1, 0.15) is 43.1 Å². The van der Waals surface area contributed by atoms with Gasteiger partial charge < -0.3 is 14.8 Å². The van der Waals surface area contributed by atoms with Gasteiger partial charge in [-0.3, -0.25) is 10.1 Å². The van der Waals surface area contributed by atoms with Crippen molar-refractivity contribution >= 4 is 46.6 Å². The summed E-state index contributed by atoms with van der Waals surface area (Å²) >= 11 is 11.4. The highest BCUT2D eigenvalue weighted by atomic mass is 35.5. The summed E-state index contributed by atoms with van der Waals surface area (Å²) < 4.78 is 5.77. The lowest BCUT2D eigenvalue weighted by atomic mass is 9.98. The fourth-order valence-corrected chi connectivity index (χ4v) is 3.40.